The zero-order valence-electron chi connectivity index (χ0n) is 23.3. The molecule has 1 heterocycles. The van der Waals surface area contributed by atoms with Crippen molar-refractivity contribution in [3.63, 3.8) is 0 Å². The van der Waals surface area contributed by atoms with Crippen LogP contribution in [0.4, 0.5) is 0 Å². The van der Waals surface area contributed by atoms with E-state index < -0.39 is 0 Å². The molecule has 0 N–H and O–H groups in total. The fourth-order valence-corrected chi connectivity index (χ4v) is 5.29. The third kappa shape index (κ3) is 16.6. The molecule has 1 atom stereocenters. The zero-order valence-corrected chi connectivity index (χ0v) is 23.3. The van der Waals surface area contributed by atoms with E-state index in [4.69, 9.17) is 0 Å². The van der Waals surface area contributed by atoms with E-state index in [-0.39, 0.29) is 0 Å². The van der Waals surface area contributed by atoms with Gasteiger partial charge >= 0.3 is 0 Å². The molecule has 0 saturated heterocycles. The van der Waals surface area contributed by atoms with E-state index in [1.807, 2.05) is 0 Å². The van der Waals surface area contributed by atoms with Crippen molar-refractivity contribution in [1.29, 1.82) is 0 Å². The summed E-state index contributed by atoms with van der Waals surface area (Å²) in [6.45, 7) is 9.46. The Labute approximate surface area is 210 Å². The Kier molecular flexibility index (Phi) is 21.3. The molecule has 1 rings (SSSR count). The molecule has 0 spiro atoms. The zero-order chi connectivity index (χ0) is 23.8. The van der Waals surface area contributed by atoms with Gasteiger partial charge in [0.2, 0.25) is 0 Å². The highest BCUT2D eigenvalue weighted by Gasteiger charge is 2.24. The highest BCUT2D eigenvalue weighted by Crippen LogP contribution is 2.23. The molecule has 196 valence electrons. The fourth-order valence-electron chi connectivity index (χ4n) is 5.29. The Bertz CT molecular complexity index is 419. The second kappa shape index (κ2) is 23.1. The van der Waals surface area contributed by atoms with Crippen LogP contribution in [-0.2, 0) is 0 Å². The van der Waals surface area contributed by atoms with E-state index in [1.54, 1.807) is 0 Å². The molecule has 0 aromatic rings. The molecule has 2 heteroatoms. The molecule has 1 aliphatic rings. The van der Waals surface area contributed by atoms with Gasteiger partial charge in [-0.1, -0.05) is 143 Å². The van der Waals surface area contributed by atoms with Crippen molar-refractivity contribution in [2.75, 3.05) is 13.1 Å². The van der Waals surface area contributed by atoms with Crippen LogP contribution in [0, 0.1) is 0 Å². The number of unbranched alkanes of at least 4 members (excludes halogenated alkanes) is 19. The number of hydrogen-bond acceptors (Lipinski definition) is 2. The Hall–Kier alpha value is -0.660. The van der Waals surface area contributed by atoms with Gasteiger partial charge in [-0.3, -0.25) is 0 Å². The monoisotopic (exact) mass is 462 g/mol. The lowest BCUT2D eigenvalue weighted by molar-refractivity contribution is 0.136. The smallest absolute Gasteiger partial charge is 0.101 e. The molecule has 0 aromatic heterocycles. The first-order valence-corrected chi connectivity index (χ1v) is 15.5. The summed E-state index contributed by atoms with van der Waals surface area (Å²) in [6.07, 6.45) is 38.0. The van der Waals surface area contributed by atoms with Crippen molar-refractivity contribution in [2.45, 2.75) is 175 Å². The molecule has 1 unspecified atom stereocenters. The van der Waals surface area contributed by atoms with Crippen LogP contribution >= 0.6 is 0 Å². The van der Waals surface area contributed by atoms with Crippen molar-refractivity contribution >= 4 is 0 Å². The lowest BCUT2D eigenvalue weighted by Crippen LogP contribution is -2.39. The molecule has 0 radical (unpaired) electrons. The van der Waals surface area contributed by atoms with E-state index in [1.165, 1.54) is 161 Å². The lowest BCUT2D eigenvalue weighted by Gasteiger charge is -2.33. The SMILES string of the molecule is CCCCCCCCCCCCCN1C=CN(CCCCCCCCCCC)C1CCCC. The predicted molar refractivity (Wildman–Crippen MR) is 150 cm³/mol. The van der Waals surface area contributed by atoms with Gasteiger partial charge in [-0.15, -0.1) is 0 Å². The average Bonchev–Trinajstić information content (AvgIpc) is 3.21. The van der Waals surface area contributed by atoms with Crippen LogP contribution in [0.3, 0.4) is 0 Å². The summed E-state index contributed by atoms with van der Waals surface area (Å²) in [7, 11) is 0. The van der Waals surface area contributed by atoms with Crippen LogP contribution in [0.5, 0.6) is 0 Å². The molecule has 1 aliphatic heterocycles. The maximum atomic E-state index is 2.66. The van der Waals surface area contributed by atoms with Gasteiger partial charge in [0.1, 0.15) is 6.17 Å². The topological polar surface area (TPSA) is 6.48 Å². The van der Waals surface area contributed by atoms with Gasteiger partial charge in [0.25, 0.3) is 0 Å². The van der Waals surface area contributed by atoms with E-state index in [9.17, 15) is 0 Å². The lowest BCUT2D eigenvalue weighted by atomic mass is 10.1. The number of hydrogen-bond donors (Lipinski definition) is 0. The summed E-state index contributed by atoms with van der Waals surface area (Å²) < 4.78 is 0. The van der Waals surface area contributed by atoms with Gasteiger partial charge in [-0.05, 0) is 25.7 Å². The summed E-state index contributed by atoms with van der Waals surface area (Å²) in [5.74, 6) is 0. The average molecular weight is 463 g/mol. The van der Waals surface area contributed by atoms with Gasteiger partial charge in [0.15, 0.2) is 0 Å². The molecule has 2 nitrogen and oxygen atoms in total. The first-order valence-electron chi connectivity index (χ1n) is 15.5. The van der Waals surface area contributed by atoms with Gasteiger partial charge in [0, 0.05) is 25.5 Å². The van der Waals surface area contributed by atoms with Crippen LogP contribution in [-0.4, -0.2) is 29.1 Å². The first-order chi connectivity index (χ1) is 16.3. The van der Waals surface area contributed by atoms with Crippen LogP contribution < -0.4 is 0 Å². The molecule has 0 amide bonds. The van der Waals surface area contributed by atoms with E-state index in [2.05, 4.69) is 43.0 Å². The van der Waals surface area contributed by atoms with Crippen molar-refractivity contribution in [3.8, 4) is 0 Å². The fraction of sp³-hybridized carbons (Fsp3) is 0.935. The quantitative estimate of drug-likeness (QED) is 0.124. The van der Waals surface area contributed by atoms with Crippen LogP contribution in [0.15, 0.2) is 12.4 Å². The van der Waals surface area contributed by atoms with Crippen molar-refractivity contribution < 1.29 is 0 Å². The van der Waals surface area contributed by atoms with Crippen LogP contribution in [0.25, 0.3) is 0 Å². The molecule has 33 heavy (non-hydrogen) atoms. The highest BCUT2D eigenvalue weighted by molar-refractivity contribution is 4.96. The van der Waals surface area contributed by atoms with Crippen molar-refractivity contribution in [3.05, 3.63) is 12.4 Å². The molecular formula is C31H62N2. The maximum absolute atomic E-state index is 2.66. The first kappa shape index (κ1) is 30.4. The Morgan fingerprint density at radius 2 is 0.697 bits per heavy atom. The molecular weight excluding hydrogens is 400 g/mol. The standard InChI is InChI=1S/C31H62N2/c1-4-7-10-12-14-16-17-19-21-23-25-28-33-30-29-32(31(33)26-9-6-3)27-24-22-20-18-15-13-11-8-5-2/h29-31H,4-28H2,1-3H3. The molecule has 0 saturated carbocycles. The summed E-state index contributed by atoms with van der Waals surface area (Å²) in [4.78, 5) is 5.33. The second-order valence-corrected chi connectivity index (χ2v) is 10.8. The Morgan fingerprint density at radius 3 is 1.03 bits per heavy atom. The maximum Gasteiger partial charge on any atom is 0.101 e. The van der Waals surface area contributed by atoms with Crippen LogP contribution in [0.1, 0.15) is 168 Å². The van der Waals surface area contributed by atoms with Gasteiger partial charge < -0.3 is 9.80 Å². The third-order valence-corrected chi connectivity index (χ3v) is 7.57. The van der Waals surface area contributed by atoms with E-state index in [0.717, 1.165) is 0 Å². The summed E-state index contributed by atoms with van der Waals surface area (Å²) >= 11 is 0. The minimum atomic E-state index is 0.641. The molecule has 0 fully saturated rings. The van der Waals surface area contributed by atoms with Gasteiger partial charge in [-0.25, -0.2) is 0 Å². The minimum Gasteiger partial charge on any atom is -0.356 e. The number of rotatable bonds is 25. The van der Waals surface area contributed by atoms with Gasteiger partial charge in [0.05, 0.1) is 0 Å². The van der Waals surface area contributed by atoms with Crippen LogP contribution in [0.2, 0.25) is 0 Å². The number of nitrogens with zero attached hydrogens (tertiary/aromatic N) is 2. The van der Waals surface area contributed by atoms with Crippen molar-refractivity contribution in [2.24, 2.45) is 0 Å². The third-order valence-electron chi connectivity index (χ3n) is 7.57. The second-order valence-electron chi connectivity index (χ2n) is 10.8. The van der Waals surface area contributed by atoms with E-state index in [0.29, 0.717) is 6.17 Å². The molecule has 0 bridgehead atoms. The van der Waals surface area contributed by atoms with Crippen molar-refractivity contribution in [1.82, 2.24) is 9.80 Å². The van der Waals surface area contributed by atoms with E-state index >= 15 is 0 Å². The Balaban J connectivity index is 2.09. The molecule has 0 aliphatic carbocycles. The Morgan fingerprint density at radius 1 is 0.394 bits per heavy atom. The van der Waals surface area contributed by atoms with Gasteiger partial charge in [-0.2, -0.15) is 0 Å². The largest absolute Gasteiger partial charge is 0.356 e. The highest BCUT2D eigenvalue weighted by atomic mass is 15.4. The normalized spacial score (nSPS) is 15.8. The summed E-state index contributed by atoms with van der Waals surface area (Å²) in [5, 5.41) is 0. The summed E-state index contributed by atoms with van der Waals surface area (Å²) in [5.41, 5.74) is 0. The summed E-state index contributed by atoms with van der Waals surface area (Å²) in [6, 6.07) is 0. The molecule has 0 aromatic carbocycles. The predicted octanol–water partition coefficient (Wildman–Crippen LogP) is 10.4. The minimum absolute atomic E-state index is 0.641.